The third kappa shape index (κ3) is 3.34. The minimum absolute atomic E-state index is 0.0558. The number of hydrogen-bond donors (Lipinski definition) is 1. The maximum absolute atomic E-state index is 11.5. The lowest BCUT2D eigenvalue weighted by Crippen LogP contribution is -2.17. The molecule has 0 bridgehead atoms. The number of amides is 1. The number of benzene rings is 1. The van der Waals surface area contributed by atoms with Crippen molar-refractivity contribution in [1.82, 2.24) is 10.3 Å². The fraction of sp³-hybridized carbons (Fsp3) is 0.143. The van der Waals surface area contributed by atoms with E-state index in [1.807, 2.05) is 42.5 Å². The largest absolute Gasteiger partial charge is 0.355 e. The molecule has 0 aliphatic rings. The Balaban J connectivity index is 2.04. The van der Waals surface area contributed by atoms with Crippen LogP contribution in [-0.4, -0.2) is 17.9 Å². The molecule has 1 aromatic heterocycles. The van der Waals surface area contributed by atoms with Crippen molar-refractivity contribution < 1.29 is 4.79 Å². The Morgan fingerprint density at radius 3 is 2.89 bits per heavy atom. The summed E-state index contributed by atoms with van der Waals surface area (Å²) in [6.07, 6.45) is 1.78. The molecule has 4 heteroatoms. The molecule has 92 valence electrons. The van der Waals surface area contributed by atoms with Gasteiger partial charge in [0.2, 0.25) is 0 Å². The van der Waals surface area contributed by atoms with E-state index < -0.39 is 0 Å². The van der Waals surface area contributed by atoms with Crippen LogP contribution in [0, 0.1) is 0 Å². The SMILES string of the molecule is CNC(=O)c1cccc(CSc2ccccn2)c1. The minimum atomic E-state index is -0.0558. The van der Waals surface area contributed by atoms with Gasteiger partial charge in [0.15, 0.2) is 0 Å². The molecule has 1 aromatic carbocycles. The van der Waals surface area contributed by atoms with E-state index in [9.17, 15) is 4.79 Å². The highest BCUT2D eigenvalue weighted by atomic mass is 32.2. The van der Waals surface area contributed by atoms with Gasteiger partial charge in [-0.2, -0.15) is 0 Å². The summed E-state index contributed by atoms with van der Waals surface area (Å²) >= 11 is 1.66. The lowest BCUT2D eigenvalue weighted by atomic mass is 10.1. The standard InChI is InChI=1S/C14H14N2OS/c1-15-14(17)12-6-4-5-11(9-12)10-18-13-7-2-3-8-16-13/h2-9H,10H2,1H3,(H,15,17). The Kier molecular flexibility index (Phi) is 4.36. The van der Waals surface area contributed by atoms with E-state index >= 15 is 0 Å². The van der Waals surface area contributed by atoms with Gasteiger partial charge in [0.25, 0.3) is 5.91 Å². The summed E-state index contributed by atoms with van der Waals surface area (Å²) in [7, 11) is 1.64. The van der Waals surface area contributed by atoms with E-state index in [1.165, 1.54) is 0 Å². The average Bonchev–Trinajstić information content (AvgIpc) is 2.45. The molecule has 0 atom stereocenters. The van der Waals surface area contributed by atoms with Gasteiger partial charge < -0.3 is 5.32 Å². The van der Waals surface area contributed by atoms with E-state index in [2.05, 4.69) is 10.3 Å². The quantitative estimate of drug-likeness (QED) is 0.857. The first kappa shape index (κ1) is 12.6. The summed E-state index contributed by atoms with van der Waals surface area (Å²) < 4.78 is 0. The van der Waals surface area contributed by atoms with Crippen molar-refractivity contribution in [3.8, 4) is 0 Å². The Morgan fingerprint density at radius 1 is 1.28 bits per heavy atom. The van der Waals surface area contributed by atoms with Crippen LogP contribution in [0.2, 0.25) is 0 Å². The van der Waals surface area contributed by atoms with Crippen molar-refractivity contribution >= 4 is 17.7 Å². The van der Waals surface area contributed by atoms with Crippen LogP contribution in [0.4, 0.5) is 0 Å². The van der Waals surface area contributed by atoms with Crippen molar-refractivity contribution in [3.63, 3.8) is 0 Å². The molecule has 0 saturated heterocycles. The van der Waals surface area contributed by atoms with Crippen LogP contribution < -0.4 is 5.32 Å². The zero-order valence-electron chi connectivity index (χ0n) is 10.1. The monoisotopic (exact) mass is 258 g/mol. The number of carbonyl (C=O) groups excluding carboxylic acids is 1. The van der Waals surface area contributed by atoms with Gasteiger partial charge in [-0.1, -0.05) is 18.2 Å². The predicted molar refractivity (Wildman–Crippen MR) is 73.6 cm³/mol. The molecular formula is C14H14N2OS. The van der Waals surface area contributed by atoms with Crippen molar-refractivity contribution in [3.05, 3.63) is 59.8 Å². The van der Waals surface area contributed by atoms with Crippen LogP contribution in [0.15, 0.2) is 53.7 Å². The van der Waals surface area contributed by atoms with Crippen LogP contribution in [0.3, 0.4) is 0 Å². The minimum Gasteiger partial charge on any atom is -0.355 e. The maximum Gasteiger partial charge on any atom is 0.251 e. The molecule has 0 radical (unpaired) electrons. The molecule has 0 aliphatic heterocycles. The van der Waals surface area contributed by atoms with Gasteiger partial charge >= 0.3 is 0 Å². The second-order valence-corrected chi connectivity index (χ2v) is 4.73. The van der Waals surface area contributed by atoms with Gasteiger partial charge in [0.05, 0.1) is 5.03 Å². The van der Waals surface area contributed by atoms with Crippen molar-refractivity contribution in [2.45, 2.75) is 10.8 Å². The number of pyridine rings is 1. The van der Waals surface area contributed by atoms with E-state index in [1.54, 1.807) is 25.0 Å². The average molecular weight is 258 g/mol. The highest BCUT2D eigenvalue weighted by Gasteiger charge is 2.04. The molecule has 0 spiro atoms. The molecule has 0 saturated carbocycles. The Bertz CT molecular complexity index is 528. The normalized spacial score (nSPS) is 10.1. The molecule has 3 nitrogen and oxygen atoms in total. The van der Waals surface area contributed by atoms with Gasteiger partial charge in [-0.3, -0.25) is 4.79 Å². The summed E-state index contributed by atoms with van der Waals surface area (Å²) in [5, 5.41) is 3.61. The Hall–Kier alpha value is -1.81. The zero-order chi connectivity index (χ0) is 12.8. The summed E-state index contributed by atoms with van der Waals surface area (Å²) in [5.41, 5.74) is 1.81. The lowest BCUT2D eigenvalue weighted by molar-refractivity contribution is 0.0963. The van der Waals surface area contributed by atoms with E-state index in [4.69, 9.17) is 0 Å². The first-order valence-corrected chi connectivity index (χ1v) is 6.63. The van der Waals surface area contributed by atoms with Crippen molar-refractivity contribution in [1.29, 1.82) is 0 Å². The lowest BCUT2D eigenvalue weighted by Gasteiger charge is -2.04. The number of thioether (sulfide) groups is 1. The Labute approximate surface area is 111 Å². The number of aromatic nitrogens is 1. The van der Waals surface area contributed by atoms with Gasteiger partial charge in [0.1, 0.15) is 0 Å². The number of nitrogens with zero attached hydrogens (tertiary/aromatic N) is 1. The summed E-state index contributed by atoms with van der Waals surface area (Å²) in [5.74, 6) is 0.752. The van der Waals surface area contributed by atoms with Gasteiger partial charge in [-0.05, 0) is 29.8 Å². The number of carbonyl (C=O) groups is 1. The number of rotatable bonds is 4. The highest BCUT2D eigenvalue weighted by Crippen LogP contribution is 2.20. The third-order valence-electron chi connectivity index (χ3n) is 2.44. The van der Waals surface area contributed by atoms with Crippen LogP contribution in [0.1, 0.15) is 15.9 Å². The number of hydrogen-bond acceptors (Lipinski definition) is 3. The second kappa shape index (κ2) is 6.21. The molecule has 2 rings (SSSR count). The molecule has 0 fully saturated rings. The molecule has 1 N–H and O–H groups in total. The molecular weight excluding hydrogens is 244 g/mol. The van der Waals surface area contributed by atoms with Crippen LogP contribution in [0.25, 0.3) is 0 Å². The second-order valence-electron chi connectivity index (χ2n) is 3.74. The van der Waals surface area contributed by atoms with Gasteiger partial charge in [0, 0.05) is 24.6 Å². The molecule has 1 heterocycles. The summed E-state index contributed by atoms with van der Waals surface area (Å²) in [4.78, 5) is 15.8. The van der Waals surface area contributed by atoms with E-state index in [-0.39, 0.29) is 5.91 Å². The highest BCUT2D eigenvalue weighted by molar-refractivity contribution is 7.98. The predicted octanol–water partition coefficient (Wildman–Crippen LogP) is 2.73. The third-order valence-corrected chi connectivity index (χ3v) is 3.46. The summed E-state index contributed by atoms with van der Waals surface area (Å²) in [6, 6.07) is 13.5. The molecule has 2 aromatic rings. The maximum atomic E-state index is 11.5. The topological polar surface area (TPSA) is 42.0 Å². The smallest absolute Gasteiger partial charge is 0.251 e. The molecule has 18 heavy (non-hydrogen) atoms. The van der Waals surface area contributed by atoms with Crippen molar-refractivity contribution in [2.24, 2.45) is 0 Å². The van der Waals surface area contributed by atoms with Gasteiger partial charge in [-0.25, -0.2) is 4.98 Å². The van der Waals surface area contributed by atoms with Crippen LogP contribution in [-0.2, 0) is 5.75 Å². The summed E-state index contributed by atoms with van der Waals surface area (Å²) in [6.45, 7) is 0. The fourth-order valence-corrected chi connectivity index (χ4v) is 2.34. The molecule has 1 amide bonds. The van der Waals surface area contributed by atoms with Crippen LogP contribution in [0.5, 0.6) is 0 Å². The van der Waals surface area contributed by atoms with E-state index in [0.29, 0.717) is 5.56 Å². The first-order valence-electron chi connectivity index (χ1n) is 5.64. The van der Waals surface area contributed by atoms with Crippen molar-refractivity contribution in [2.75, 3.05) is 7.05 Å². The van der Waals surface area contributed by atoms with Gasteiger partial charge in [-0.15, -0.1) is 11.8 Å². The molecule has 0 aliphatic carbocycles. The zero-order valence-corrected chi connectivity index (χ0v) is 10.9. The van der Waals surface area contributed by atoms with Crippen LogP contribution >= 0.6 is 11.8 Å². The number of nitrogens with one attached hydrogen (secondary N) is 1. The first-order chi connectivity index (χ1) is 8.79. The Morgan fingerprint density at radius 2 is 2.17 bits per heavy atom. The molecule has 0 unspecified atom stereocenters. The van der Waals surface area contributed by atoms with E-state index in [0.717, 1.165) is 16.3 Å². The fourth-order valence-electron chi connectivity index (χ4n) is 1.54.